The lowest BCUT2D eigenvalue weighted by molar-refractivity contribution is -0.163. The first-order valence-electron chi connectivity index (χ1n) is 5.28. The summed E-state index contributed by atoms with van der Waals surface area (Å²) in [5.41, 5.74) is 4.54. The van der Waals surface area contributed by atoms with E-state index in [1.807, 2.05) is 0 Å². The number of hydrogen-bond acceptors (Lipinski definition) is 6. The van der Waals surface area contributed by atoms with Crippen molar-refractivity contribution in [2.75, 3.05) is 25.9 Å². The number of alkyl halides is 2. The Morgan fingerprint density at radius 3 is 2.63 bits per heavy atom. The highest BCUT2D eigenvalue weighted by molar-refractivity contribution is 7.13. The van der Waals surface area contributed by atoms with Crippen LogP contribution < -0.4 is 5.73 Å². The molecule has 1 heterocycles. The number of esters is 1. The molecule has 0 aliphatic heterocycles. The van der Waals surface area contributed by atoms with E-state index in [2.05, 4.69) is 9.72 Å². The van der Waals surface area contributed by atoms with Crippen molar-refractivity contribution in [3.05, 3.63) is 11.1 Å². The first kappa shape index (κ1) is 15.3. The second-order valence-electron chi connectivity index (χ2n) is 3.54. The minimum absolute atomic E-state index is 0.0524. The second-order valence-corrected chi connectivity index (χ2v) is 4.43. The van der Waals surface area contributed by atoms with Gasteiger partial charge in [0.15, 0.2) is 5.13 Å². The molecule has 2 N–H and O–H groups in total. The number of anilines is 1. The Morgan fingerprint density at radius 2 is 2.21 bits per heavy atom. The number of ether oxygens (including phenoxy) is 1. The van der Waals surface area contributed by atoms with E-state index < -0.39 is 30.0 Å². The Labute approximate surface area is 112 Å². The fourth-order valence-corrected chi connectivity index (χ4v) is 1.87. The van der Waals surface area contributed by atoms with Crippen LogP contribution in [0.4, 0.5) is 13.9 Å². The predicted molar refractivity (Wildman–Crippen MR) is 64.7 cm³/mol. The van der Waals surface area contributed by atoms with Crippen molar-refractivity contribution >= 4 is 28.3 Å². The SMILES string of the molecule is CCN(CC(=O)OC)C(=O)C(F)(F)c1csc(N)n1. The van der Waals surface area contributed by atoms with Crippen LogP contribution in [0.15, 0.2) is 5.38 Å². The van der Waals surface area contributed by atoms with Gasteiger partial charge in [0.2, 0.25) is 0 Å². The third-order valence-corrected chi connectivity index (χ3v) is 3.00. The number of hydrogen-bond donors (Lipinski definition) is 1. The molecule has 1 aromatic heterocycles. The molecule has 0 aromatic carbocycles. The smallest absolute Gasteiger partial charge is 0.367 e. The fraction of sp³-hybridized carbons (Fsp3) is 0.500. The summed E-state index contributed by atoms with van der Waals surface area (Å²) in [5, 5.41) is 0.956. The summed E-state index contributed by atoms with van der Waals surface area (Å²) in [6.45, 7) is 0.885. The zero-order valence-electron chi connectivity index (χ0n) is 10.4. The van der Waals surface area contributed by atoms with Gasteiger partial charge in [-0.25, -0.2) is 4.98 Å². The van der Waals surface area contributed by atoms with Crippen molar-refractivity contribution in [2.45, 2.75) is 12.8 Å². The van der Waals surface area contributed by atoms with E-state index in [0.717, 1.165) is 23.8 Å². The quantitative estimate of drug-likeness (QED) is 0.813. The number of nitrogen functional groups attached to an aromatic ring is 1. The van der Waals surface area contributed by atoms with Crippen molar-refractivity contribution in [2.24, 2.45) is 0 Å². The maximum absolute atomic E-state index is 13.9. The van der Waals surface area contributed by atoms with E-state index in [1.165, 1.54) is 6.92 Å². The highest BCUT2D eigenvalue weighted by Crippen LogP contribution is 2.31. The van der Waals surface area contributed by atoms with Crippen LogP contribution in [-0.4, -0.2) is 42.0 Å². The number of amides is 1. The standard InChI is InChI=1S/C10H13F2N3O3S/c1-3-15(4-7(16)18-2)8(17)10(11,12)6-5-19-9(13)14-6/h5H,3-4H2,1-2H3,(H2,13,14). The van der Waals surface area contributed by atoms with Crippen molar-refractivity contribution < 1.29 is 23.1 Å². The van der Waals surface area contributed by atoms with Gasteiger partial charge < -0.3 is 15.4 Å². The summed E-state index contributed by atoms with van der Waals surface area (Å²) in [6, 6.07) is 0. The Kier molecular flexibility index (Phi) is 4.76. The molecule has 0 aliphatic carbocycles. The third kappa shape index (κ3) is 3.37. The highest BCUT2D eigenvalue weighted by Gasteiger charge is 2.46. The number of nitrogens with zero attached hydrogens (tertiary/aromatic N) is 2. The minimum Gasteiger partial charge on any atom is -0.468 e. The zero-order valence-corrected chi connectivity index (χ0v) is 11.2. The number of carbonyl (C=O) groups excluding carboxylic acids is 2. The normalized spacial score (nSPS) is 11.2. The molecule has 0 unspecified atom stereocenters. The molecule has 6 nitrogen and oxygen atoms in total. The van der Waals surface area contributed by atoms with Gasteiger partial charge in [-0.15, -0.1) is 11.3 Å². The minimum atomic E-state index is -3.82. The molecule has 1 amide bonds. The molecule has 1 aromatic rings. The van der Waals surface area contributed by atoms with E-state index in [9.17, 15) is 18.4 Å². The van der Waals surface area contributed by atoms with Crippen LogP contribution in [0.3, 0.4) is 0 Å². The molecule has 0 spiro atoms. The number of nitrogens with two attached hydrogens (primary N) is 1. The van der Waals surface area contributed by atoms with Crippen LogP contribution in [0, 0.1) is 0 Å². The first-order chi connectivity index (χ1) is 8.82. The van der Waals surface area contributed by atoms with Crippen molar-refractivity contribution in [3.8, 4) is 0 Å². The first-order valence-corrected chi connectivity index (χ1v) is 6.16. The van der Waals surface area contributed by atoms with Gasteiger partial charge in [0.05, 0.1) is 7.11 Å². The average Bonchev–Trinajstić information content (AvgIpc) is 2.82. The zero-order chi connectivity index (χ0) is 14.6. The second kappa shape index (κ2) is 5.91. The molecule has 0 atom stereocenters. The number of methoxy groups -OCH3 is 1. The van der Waals surface area contributed by atoms with E-state index in [1.54, 1.807) is 0 Å². The largest absolute Gasteiger partial charge is 0.468 e. The van der Waals surface area contributed by atoms with Gasteiger partial charge in [-0.05, 0) is 6.92 Å². The molecule has 1 rings (SSSR count). The van der Waals surface area contributed by atoms with Gasteiger partial charge in [0.1, 0.15) is 12.2 Å². The van der Waals surface area contributed by atoms with E-state index >= 15 is 0 Å². The summed E-state index contributed by atoms with van der Waals surface area (Å²) in [4.78, 5) is 26.9. The Bertz CT molecular complexity index is 478. The van der Waals surface area contributed by atoms with Crippen LogP contribution in [-0.2, 0) is 20.2 Å². The van der Waals surface area contributed by atoms with E-state index in [4.69, 9.17) is 5.73 Å². The highest BCUT2D eigenvalue weighted by atomic mass is 32.1. The lowest BCUT2D eigenvalue weighted by Crippen LogP contribution is -2.44. The topological polar surface area (TPSA) is 85.5 Å². The van der Waals surface area contributed by atoms with Gasteiger partial charge >= 0.3 is 11.9 Å². The maximum atomic E-state index is 13.9. The molecule has 0 radical (unpaired) electrons. The summed E-state index contributed by atoms with van der Waals surface area (Å²) in [6.07, 6.45) is 0. The van der Waals surface area contributed by atoms with E-state index in [-0.39, 0.29) is 11.7 Å². The maximum Gasteiger partial charge on any atom is 0.367 e. The summed E-state index contributed by atoms with van der Waals surface area (Å²) in [7, 11) is 1.11. The van der Waals surface area contributed by atoms with Gasteiger partial charge in [-0.3, -0.25) is 9.59 Å². The number of thiazole rings is 1. The molecular weight excluding hydrogens is 280 g/mol. The summed E-state index contributed by atoms with van der Waals surface area (Å²) in [5.74, 6) is -6.10. The molecule has 0 saturated carbocycles. The molecular formula is C10H13F2N3O3S. The Hall–Kier alpha value is -1.77. The number of rotatable bonds is 5. The van der Waals surface area contributed by atoms with Crippen LogP contribution in [0.1, 0.15) is 12.6 Å². The number of halogens is 2. The lowest BCUT2D eigenvalue weighted by Gasteiger charge is -2.23. The monoisotopic (exact) mass is 293 g/mol. The van der Waals surface area contributed by atoms with Gasteiger partial charge in [0.25, 0.3) is 5.91 Å². The number of carbonyl (C=O) groups is 2. The van der Waals surface area contributed by atoms with Crippen LogP contribution in [0.2, 0.25) is 0 Å². The van der Waals surface area contributed by atoms with Gasteiger partial charge in [-0.1, -0.05) is 0 Å². The van der Waals surface area contributed by atoms with E-state index in [0.29, 0.717) is 4.90 Å². The lowest BCUT2D eigenvalue weighted by atomic mass is 10.2. The molecule has 0 aliphatic rings. The third-order valence-electron chi connectivity index (χ3n) is 2.33. The van der Waals surface area contributed by atoms with Crippen LogP contribution in [0.5, 0.6) is 0 Å². The molecule has 0 fully saturated rings. The molecule has 9 heteroatoms. The Balaban J connectivity index is 2.92. The molecule has 19 heavy (non-hydrogen) atoms. The molecule has 106 valence electrons. The van der Waals surface area contributed by atoms with Gasteiger partial charge in [-0.2, -0.15) is 8.78 Å². The average molecular weight is 293 g/mol. The van der Waals surface area contributed by atoms with Crippen molar-refractivity contribution in [1.29, 1.82) is 0 Å². The van der Waals surface area contributed by atoms with Gasteiger partial charge in [0, 0.05) is 11.9 Å². The summed E-state index contributed by atoms with van der Waals surface area (Å²) >= 11 is 0.811. The molecule has 0 saturated heterocycles. The van der Waals surface area contributed by atoms with Crippen LogP contribution in [0.25, 0.3) is 0 Å². The summed E-state index contributed by atoms with van der Waals surface area (Å²) < 4.78 is 32.1. The van der Waals surface area contributed by atoms with Crippen LogP contribution >= 0.6 is 11.3 Å². The number of likely N-dealkylation sites (N-methyl/N-ethyl adjacent to an activating group) is 1. The predicted octanol–water partition coefficient (Wildman–Crippen LogP) is 0.839. The Morgan fingerprint density at radius 1 is 1.58 bits per heavy atom. The molecule has 0 bridgehead atoms. The van der Waals surface area contributed by atoms with Crippen molar-refractivity contribution in [3.63, 3.8) is 0 Å². The fourth-order valence-electron chi connectivity index (χ4n) is 1.29. The number of aromatic nitrogens is 1. The van der Waals surface area contributed by atoms with Crippen molar-refractivity contribution in [1.82, 2.24) is 9.88 Å².